The predicted octanol–water partition coefficient (Wildman–Crippen LogP) is 4.33. The van der Waals surface area contributed by atoms with Crippen LogP contribution in [-0.2, 0) is 17.9 Å². The Bertz CT molecular complexity index is 679. The number of benzene rings is 2. The van der Waals surface area contributed by atoms with E-state index in [1.54, 1.807) is 11.8 Å². The normalized spacial score (nSPS) is 10.8. The van der Waals surface area contributed by atoms with Crippen molar-refractivity contribution in [1.29, 1.82) is 0 Å². The van der Waals surface area contributed by atoms with Crippen molar-refractivity contribution in [1.82, 2.24) is 4.90 Å². The van der Waals surface area contributed by atoms with E-state index in [2.05, 4.69) is 5.32 Å². The van der Waals surface area contributed by atoms with Gasteiger partial charge in [-0.05, 0) is 43.7 Å². The molecule has 5 heteroatoms. The summed E-state index contributed by atoms with van der Waals surface area (Å²) in [6.07, 6.45) is 0. The van der Waals surface area contributed by atoms with E-state index in [1.807, 2.05) is 38.1 Å². The third-order valence-corrected chi connectivity index (χ3v) is 3.87. The van der Waals surface area contributed by atoms with Crippen LogP contribution < -0.4 is 5.32 Å². The smallest absolute Gasteiger partial charge is 0.219 e. The molecule has 0 bridgehead atoms. The summed E-state index contributed by atoms with van der Waals surface area (Å²) >= 11 is 0. The lowest BCUT2D eigenvalue weighted by molar-refractivity contribution is -0.131. The summed E-state index contributed by atoms with van der Waals surface area (Å²) in [7, 11) is 0. The maximum absolute atomic E-state index is 13.6. The van der Waals surface area contributed by atoms with E-state index in [1.165, 1.54) is 18.2 Å². The summed E-state index contributed by atoms with van der Waals surface area (Å²) in [6.45, 7) is 6.11. The summed E-state index contributed by atoms with van der Waals surface area (Å²) in [6, 6.07) is 11.4. The van der Waals surface area contributed by atoms with E-state index < -0.39 is 11.6 Å². The van der Waals surface area contributed by atoms with Crippen molar-refractivity contribution in [3.05, 3.63) is 65.2 Å². The number of hydrogen-bond acceptors (Lipinski definition) is 2. The van der Waals surface area contributed by atoms with Gasteiger partial charge in [-0.3, -0.25) is 4.79 Å². The Hall–Kier alpha value is -2.43. The van der Waals surface area contributed by atoms with Crippen molar-refractivity contribution >= 4 is 11.6 Å². The van der Waals surface area contributed by atoms with Gasteiger partial charge in [0.25, 0.3) is 0 Å². The number of amides is 1. The third-order valence-electron chi connectivity index (χ3n) is 3.87. The number of nitrogens with zero attached hydrogens (tertiary/aromatic N) is 1. The summed E-state index contributed by atoms with van der Waals surface area (Å²) in [4.78, 5) is 13.4. The molecule has 0 heterocycles. The predicted molar refractivity (Wildman–Crippen MR) is 91.5 cm³/mol. The molecule has 2 aromatic carbocycles. The van der Waals surface area contributed by atoms with Crippen LogP contribution in [0.3, 0.4) is 0 Å². The fraction of sp³-hybridized carbons (Fsp3) is 0.316. The summed E-state index contributed by atoms with van der Waals surface area (Å²) in [5.41, 5.74) is 1.78. The average molecular weight is 332 g/mol. The SMILES string of the molecule is CC(=O)N(Cc1ccc(NCc2c(F)cccc2F)cc1)C(C)C. The molecule has 0 aliphatic heterocycles. The highest BCUT2D eigenvalue weighted by Gasteiger charge is 2.13. The lowest BCUT2D eigenvalue weighted by atomic mass is 10.1. The van der Waals surface area contributed by atoms with Crippen molar-refractivity contribution in [2.75, 3.05) is 5.32 Å². The zero-order valence-corrected chi connectivity index (χ0v) is 14.1. The van der Waals surface area contributed by atoms with Crippen LogP contribution in [0.1, 0.15) is 31.9 Å². The molecule has 0 unspecified atom stereocenters. The number of carbonyl (C=O) groups is 1. The molecule has 0 fully saturated rings. The summed E-state index contributed by atoms with van der Waals surface area (Å²) in [5.74, 6) is -1.09. The van der Waals surface area contributed by atoms with Crippen molar-refractivity contribution in [2.45, 2.75) is 39.9 Å². The molecule has 2 aromatic rings. The van der Waals surface area contributed by atoms with Gasteiger partial charge in [-0.1, -0.05) is 18.2 Å². The lowest BCUT2D eigenvalue weighted by Crippen LogP contribution is -2.34. The van der Waals surface area contributed by atoms with E-state index in [4.69, 9.17) is 0 Å². The largest absolute Gasteiger partial charge is 0.381 e. The van der Waals surface area contributed by atoms with Crippen molar-refractivity contribution in [2.24, 2.45) is 0 Å². The van der Waals surface area contributed by atoms with Gasteiger partial charge < -0.3 is 10.2 Å². The monoisotopic (exact) mass is 332 g/mol. The van der Waals surface area contributed by atoms with E-state index in [9.17, 15) is 13.6 Å². The van der Waals surface area contributed by atoms with Crippen LogP contribution in [-0.4, -0.2) is 16.8 Å². The molecule has 0 aromatic heterocycles. The third kappa shape index (κ3) is 4.54. The van der Waals surface area contributed by atoms with Crippen molar-refractivity contribution in [3.8, 4) is 0 Å². The molecular formula is C19H22F2N2O. The van der Waals surface area contributed by atoms with Crippen LogP contribution in [0.15, 0.2) is 42.5 Å². The number of halogens is 2. The zero-order valence-electron chi connectivity index (χ0n) is 14.1. The van der Waals surface area contributed by atoms with Crippen molar-refractivity contribution < 1.29 is 13.6 Å². The van der Waals surface area contributed by atoms with Crippen LogP contribution >= 0.6 is 0 Å². The molecule has 128 valence electrons. The van der Waals surface area contributed by atoms with E-state index in [0.29, 0.717) is 6.54 Å². The molecule has 0 saturated heterocycles. The first-order chi connectivity index (χ1) is 11.4. The maximum Gasteiger partial charge on any atom is 0.219 e. The average Bonchev–Trinajstić information content (AvgIpc) is 2.52. The highest BCUT2D eigenvalue weighted by Crippen LogP contribution is 2.17. The molecule has 1 N–H and O–H groups in total. The first-order valence-corrected chi connectivity index (χ1v) is 7.91. The molecule has 0 saturated carbocycles. The van der Waals surface area contributed by atoms with Crippen LogP contribution in [0.4, 0.5) is 14.5 Å². The Kier molecular flexibility index (Phi) is 5.90. The molecule has 0 spiro atoms. The van der Waals surface area contributed by atoms with Gasteiger partial charge in [0.2, 0.25) is 5.91 Å². The Balaban J connectivity index is 2.01. The molecule has 3 nitrogen and oxygen atoms in total. The molecule has 0 atom stereocenters. The number of carbonyl (C=O) groups excluding carboxylic acids is 1. The van der Waals surface area contributed by atoms with E-state index in [-0.39, 0.29) is 24.1 Å². The second-order valence-electron chi connectivity index (χ2n) is 5.99. The summed E-state index contributed by atoms with van der Waals surface area (Å²) < 4.78 is 27.2. The van der Waals surface area contributed by atoms with Gasteiger partial charge in [0.1, 0.15) is 11.6 Å². The zero-order chi connectivity index (χ0) is 17.7. The van der Waals surface area contributed by atoms with Gasteiger partial charge in [0.05, 0.1) is 0 Å². The molecule has 1 amide bonds. The highest BCUT2D eigenvalue weighted by molar-refractivity contribution is 5.73. The van der Waals surface area contributed by atoms with Crippen LogP contribution in [0, 0.1) is 11.6 Å². The molecule has 0 radical (unpaired) electrons. The number of nitrogens with one attached hydrogen (secondary N) is 1. The first-order valence-electron chi connectivity index (χ1n) is 7.91. The van der Waals surface area contributed by atoms with Gasteiger partial charge in [0.15, 0.2) is 0 Å². The minimum Gasteiger partial charge on any atom is -0.381 e. The number of hydrogen-bond donors (Lipinski definition) is 1. The molecule has 2 rings (SSSR count). The quantitative estimate of drug-likeness (QED) is 0.854. The fourth-order valence-electron chi connectivity index (χ4n) is 2.47. The second kappa shape index (κ2) is 7.90. The van der Waals surface area contributed by atoms with Crippen LogP contribution in [0.25, 0.3) is 0 Å². The van der Waals surface area contributed by atoms with E-state index in [0.717, 1.165) is 11.3 Å². The molecule has 24 heavy (non-hydrogen) atoms. The van der Waals surface area contributed by atoms with Gasteiger partial charge in [-0.15, -0.1) is 0 Å². The Labute approximate surface area is 141 Å². The second-order valence-corrected chi connectivity index (χ2v) is 5.99. The Morgan fingerprint density at radius 1 is 1.08 bits per heavy atom. The summed E-state index contributed by atoms with van der Waals surface area (Å²) in [5, 5.41) is 3.01. The fourth-order valence-corrected chi connectivity index (χ4v) is 2.47. The number of anilines is 1. The number of rotatable bonds is 6. The maximum atomic E-state index is 13.6. The van der Waals surface area contributed by atoms with Crippen molar-refractivity contribution in [3.63, 3.8) is 0 Å². The minimum atomic E-state index is -0.562. The standard InChI is InChI=1S/C19H22F2N2O/c1-13(2)23(14(3)24)12-15-7-9-16(10-8-15)22-11-17-18(20)5-4-6-19(17)21/h4-10,13,22H,11-12H2,1-3H3. The topological polar surface area (TPSA) is 32.3 Å². The molecule has 0 aliphatic carbocycles. The highest BCUT2D eigenvalue weighted by atomic mass is 19.1. The van der Waals surface area contributed by atoms with Crippen LogP contribution in [0.2, 0.25) is 0 Å². The first kappa shape index (κ1) is 17.9. The Morgan fingerprint density at radius 3 is 2.17 bits per heavy atom. The molecule has 0 aliphatic rings. The minimum absolute atomic E-state index is 0.0177. The van der Waals surface area contributed by atoms with Crippen LogP contribution in [0.5, 0.6) is 0 Å². The lowest BCUT2D eigenvalue weighted by Gasteiger charge is -2.25. The van der Waals surface area contributed by atoms with Gasteiger partial charge in [-0.25, -0.2) is 8.78 Å². The molecular weight excluding hydrogens is 310 g/mol. The van der Waals surface area contributed by atoms with Gasteiger partial charge >= 0.3 is 0 Å². The van der Waals surface area contributed by atoms with Gasteiger partial charge in [-0.2, -0.15) is 0 Å². The van der Waals surface area contributed by atoms with E-state index >= 15 is 0 Å². The Morgan fingerprint density at radius 2 is 1.67 bits per heavy atom. The van der Waals surface area contributed by atoms with Gasteiger partial charge in [0, 0.05) is 37.3 Å².